The SMILES string of the molecule is CC(C)COC(=O)C(C)N1C(=O)c2ccccc2C1=O. The molecule has 5 heteroatoms. The summed E-state index contributed by atoms with van der Waals surface area (Å²) in [7, 11) is 0. The summed E-state index contributed by atoms with van der Waals surface area (Å²) in [6, 6.07) is 5.63. The van der Waals surface area contributed by atoms with Crippen LogP contribution in [-0.2, 0) is 9.53 Å². The molecule has 0 bridgehead atoms. The molecule has 2 rings (SSSR count). The first-order chi connectivity index (χ1) is 9.43. The van der Waals surface area contributed by atoms with Crippen molar-refractivity contribution in [1.29, 1.82) is 0 Å². The lowest BCUT2D eigenvalue weighted by Crippen LogP contribution is -2.43. The van der Waals surface area contributed by atoms with Crippen LogP contribution in [0.15, 0.2) is 24.3 Å². The molecule has 0 aromatic heterocycles. The van der Waals surface area contributed by atoms with Gasteiger partial charge in [0.15, 0.2) is 0 Å². The summed E-state index contributed by atoms with van der Waals surface area (Å²) in [6.07, 6.45) is 0. The van der Waals surface area contributed by atoms with Crippen LogP contribution in [0.3, 0.4) is 0 Å². The zero-order valence-corrected chi connectivity index (χ0v) is 11.8. The lowest BCUT2D eigenvalue weighted by molar-refractivity contribution is -0.148. The monoisotopic (exact) mass is 275 g/mol. The first-order valence-corrected chi connectivity index (χ1v) is 6.57. The molecule has 1 aromatic rings. The normalized spacial score (nSPS) is 15.5. The molecule has 0 saturated carbocycles. The molecule has 1 aliphatic heterocycles. The van der Waals surface area contributed by atoms with E-state index in [9.17, 15) is 14.4 Å². The highest BCUT2D eigenvalue weighted by atomic mass is 16.5. The first kappa shape index (κ1) is 14.2. The molecule has 1 heterocycles. The molecule has 0 N–H and O–H groups in total. The van der Waals surface area contributed by atoms with Crippen molar-refractivity contribution in [3.8, 4) is 0 Å². The Morgan fingerprint density at radius 3 is 2.05 bits per heavy atom. The van der Waals surface area contributed by atoms with Gasteiger partial charge >= 0.3 is 5.97 Å². The summed E-state index contributed by atoms with van der Waals surface area (Å²) in [5.74, 6) is -1.25. The topological polar surface area (TPSA) is 63.7 Å². The van der Waals surface area contributed by atoms with Gasteiger partial charge in [0.25, 0.3) is 11.8 Å². The maximum absolute atomic E-state index is 12.2. The number of carbonyl (C=O) groups is 3. The third-order valence-electron chi connectivity index (χ3n) is 3.11. The molecule has 1 aromatic carbocycles. The molecule has 2 amide bonds. The second kappa shape index (κ2) is 5.45. The van der Waals surface area contributed by atoms with Gasteiger partial charge in [0.2, 0.25) is 0 Å². The van der Waals surface area contributed by atoms with Crippen molar-refractivity contribution in [3.05, 3.63) is 35.4 Å². The highest BCUT2D eigenvalue weighted by Gasteiger charge is 2.41. The van der Waals surface area contributed by atoms with Crippen molar-refractivity contribution in [1.82, 2.24) is 4.90 Å². The van der Waals surface area contributed by atoms with Gasteiger partial charge in [-0.25, -0.2) is 4.79 Å². The number of imide groups is 1. The third-order valence-corrected chi connectivity index (χ3v) is 3.11. The molecule has 0 radical (unpaired) electrons. The number of hydrogen-bond donors (Lipinski definition) is 0. The predicted octanol–water partition coefficient (Wildman–Crippen LogP) is 1.87. The zero-order chi connectivity index (χ0) is 14.9. The van der Waals surface area contributed by atoms with Gasteiger partial charge in [0.05, 0.1) is 17.7 Å². The Bertz CT molecular complexity index is 530. The van der Waals surface area contributed by atoms with Crippen LogP contribution in [0.1, 0.15) is 41.5 Å². The molecule has 1 atom stereocenters. The Labute approximate surface area is 117 Å². The number of nitrogens with zero attached hydrogens (tertiary/aromatic N) is 1. The van der Waals surface area contributed by atoms with Crippen molar-refractivity contribution in [3.63, 3.8) is 0 Å². The van der Waals surface area contributed by atoms with E-state index in [1.165, 1.54) is 6.92 Å². The maximum atomic E-state index is 12.2. The van der Waals surface area contributed by atoms with Gasteiger partial charge < -0.3 is 4.74 Å². The molecule has 0 spiro atoms. The van der Waals surface area contributed by atoms with E-state index in [1.807, 2.05) is 13.8 Å². The van der Waals surface area contributed by atoms with Gasteiger partial charge in [0, 0.05) is 0 Å². The third kappa shape index (κ3) is 2.43. The molecule has 1 aliphatic rings. The van der Waals surface area contributed by atoms with E-state index in [0.717, 1.165) is 4.90 Å². The first-order valence-electron chi connectivity index (χ1n) is 6.57. The van der Waals surface area contributed by atoms with Gasteiger partial charge in [-0.2, -0.15) is 0 Å². The summed E-state index contributed by atoms with van der Waals surface area (Å²) < 4.78 is 5.09. The number of fused-ring (bicyclic) bond motifs is 1. The Morgan fingerprint density at radius 1 is 1.10 bits per heavy atom. The average molecular weight is 275 g/mol. The standard InChI is InChI=1S/C15H17NO4/c1-9(2)8-20-15(19)10(3)16-13(17)11-6-4-5-7-12(11)14(16)18/h4-7,9-10H,8H2,1-3H3. The van der Waals surface area contributed by atoms with Crippen molar-refractivity contribution in [2.24, 2.45) is 5.92 Å². The molecular weight excluding hydrogens is 258 g/mol. The maximum Gasteiger partial charge on any atom is 0.329 e. The van der Waals surface area contributed by atoms with E-state index in [0.29, 0.717) is 11.1 Å². The van der Waals surface area contributed by atoms with Crippen LogP contribution in [0, 0.1) is 5.92 Å². The fraction of sp³-hybridized carbons (Fsp3) is 0.400. The minimum absolute atomic E-state index is 0.202. The number of amides is 2. The van der Waals surface area contributed by atoms with E-state index >= 15 is 0 Å². The highest BCUT2D eigenvalue weighted by Crippen LogP contribution is 2.24. The number of benzene rings is 1. The van der Waals surface area contributed by atoms with Crippen molar-refractivity contribution in [2.45, 2.75) is 26.8 Å². The van der Waals surface area contributed by atoms with E-state index in [2.05, 4.69) is 0 Å². The van der Waals surface area contributed by atoms with Crippen molar-refractivity contribution >= 4 is 17.8 Å². The highest BCUT2D eigenvalue weighted by molar-refractivity contribution is 6.22. The summed E-state index contributed by atoms with van der Waals surface area (Å²) in [4.78, 5) is 37.3. The molecule has 0 fully saturated rings. The van der Waals surface area contributed by atoms with Gasteiger partial charge in [0.1, 0.15) is 6.04 Å². The molecule has 1 unspecified atom stereocenters. The average Bonchev–Trinajstić information content (AvgIpc) is 2.68. The lowest BCUT2D eigenvalue weighted by atomic mass is 10.1. The fourth-order valence-electron chi connectivity index (χ4n) is 2.03. The predicted molar refractivity (Wildman–Crippen MR) is 72.2 cm³/mol. The Kier molecular flexibility index (Phi) is 3.88. The van der Waals surface area contributed by atoms with Gasteiger partial charge in [-0.05, 0) is 25.0 Å². The molecule has 0 saturated heterocycles. The Morgan fingerprint density at radius 2 is 1.60 bits per heavy atom. The number of carbonyl (C=O) groups excluding carboxylic acids is 3. The second-order valence-corrected chi connectivity index (χ2v) is 5.23. The zero-order valence-electron chi connectivity index (χ0n) is 11.8. The van der Waals surface area contributed by atoms with E-state index in [4.69, 9.17) is 4.74 Å². The second-order valence-electron chi connectivity index (χ2n) is 5.23. The number of hydrogen-bond acceptors (Lipinski definition) is 4. The summed E-state index contributed by atoms with van der Waals surface area (Å²) in [5, 5.41) is 0. The molecule has 106 valence electrons. The Hall–Kier alpha value is -2.17. The van der Waals surface area contributed by atoms with E-state index in [-0.39, 0.29) is 12.5 Å². The Balaban J connectivity index is 2.17. The molecule has 5 nitrogen and oxygen atoms in total. The number of esters is 1. The minimum atomic E-state index is -0.916. The largest absolute Gasteiger partial charge is 0.464 e. The van der Waals surface area contributed by atoms with Crippen LogP contribution in [0.25, 0.3) is 0 Å². The summed E-state index contributed by atoms with van der Waals surface area (Å²) in [6.45, 7) is 5.61. The van der Waals surface area contributed by atoms with Gasteiger partial charge in [-0.1, -0.05) is 26.0 Å². The fourth-order valence-corrected chi connectivity index (χ4v) is 2.03. The molecule has 0 aliphatic carbocycles. The summed E-state index contributed by atoms with van der Waals surface area (Å²) in [5.41, 5.74) is 0.669. The van der Waals surface area contributed by atoms with Crippen molar-refractivity contribution in [2.75, 3.05) is 6.61 Å². The van der Waals surface area contributed by atoms with Crippen LogP contribution in [-0.4, -0.2) is 35.3 Å². The minimum Gasteiger partial charge on any atom is -0.464 e. The summed E-state index contributed by atoms with van der Waals surface area (Å²) >= 11 is 0. The van der Waals surface area contributed by atoms with Crippen molar-refractivity contribution < 1.29 is 19.1 Å². The quantitative estimate of drug-likeness (QED) is 0.621. The van der Waals surface area contributed by atoms with Crippen LogP contribution in [0.4, 0.5) is 0 Å². The van der Waals surface area contributed by atoms with Crippen LogP contribution in [0.5, 0.6) is 0 Å². The van der Waals surface area contributed by atoms with Crippen LogP contribution >= 0.6 is 0 Å². The smallest absolute Gasteiger partial charge is 0.329 e. The molecular formula is C15H17NO4. The lowest BCUT2D eigenvalue weighted by Gasteiger charge is -2.21. The molecule has 20 heavy (non-hydrogen) atoms. The van der Waals surface area contributed by atoms with Gasteiger partial charge in [-0.3, -0.25) is 14.5 Å². The number of ether oxygens (including phenoxy) is 1. The van der Waals surface area contributed by atoms with E-state index in [1.54, 1.807) is 24.3 Å². The van der Waals surface area contributed by atoms with Crippen LogP contribution in [0.2, 0.25) is 0 Å². The van der Waals surface area contributed by atoms with E-state index < -0.39 is 23.8 Å². The van der Waals surface area contributed by atoms with Crippen LogP contribution < -0.4 is 0 Å². The van der Waals surface area contributed by atoms with Gasteiger partial charge in [-0.15, -0.1) is 0 Å². The number of rotatable bonds is 4.